The molecule has 1 aromatic rings. The molecule has 1 aromatic carbocycles. The molecule has 2 aliphatic rings. The number of aryl methyl sites for hydroxylation is 1. The molecular weight excluding hydrogens is 346 g/mol. The van der Waals surface area contributed by atoms with Crippen LogP contribution in [0, 0.1) is 0 Å². The van der Waals surface area contributed by atoms with Gasteiger partial charge in [-0.05, 0) is 64.8 Å². The van der Waals surface area contributed by atoms with E-state index in [4.69, 9.17) is 18.9 Å². The summed E-state index contributed by atoms with van der Waals surface area (Å²) in [6.07, 6.45) is 1.96. The highest BCUT2D eigenvalue weighted by molar-refractivity contribution is 5.25. The topological polar surface area (TPSA) is 60.4 Å². The quantitative estimate of drug-likeness (QED) is 0.820. The molecule has 0 aliphatic carbocycles. The molecule has 152 valence electrons. The Hall–Kier alpha value is -1.18. The van der Waals surface area contributed by atoms with Crippen molar-refractivity contribution < 1.29 is 24.1 Å². The van der Waals surface area contributed by atoms with Crippen molar-refractivity contribution in [1.82, 2.24) is 4.90 Å². The summed E-state index contributed by atoms with van der Waals surface area (Å²) < 4.78 is 23.6. The largest absolute Gasteiger partial charge is 0.508 e. The van der Waals surface area contributed by atoms with Gasteiger partial charge in [0.1, 0.15) is 5.75 Å². The smallest absolute Gasteiger partial charge is 0.162 e. The van der Waals surface area contributed by atoms with Gasteiger partial charge in [-0.1, -0.05) is 12.1 Å². The summed E-state index contributed by atoms with van der Waals surface area (Å²) in [5.74, 6) is -0.732. The van der Waals surface area contributed by atoms with Crippen molar-refractivity contribution >= 4 is 0 Å². The molecule has 0 spiro atoms. The van der Waals surface area contributed by atoms with Gasteiger partial charge >= 0.3 is 0 Å². The monoisotopic (exact) mass is 379 g/mol. The number of benzene rings is 1. The predicted molar refractivity (Wildman–Crippen MR) is 103 cm³/mol. The van der Waals surface area contributed by atoms with Crippen LogP contribution in [-0.4, -0.2) is 66.6 Å². The molecule has 1 N–H and O–H groups in total. The van der Waals surface area contributed by atoms with Crippen LogP contribution in [-0.2, 0) is 25.4 Å². The number of rotatable bonds is 6. The first-order valence-corrected chi connectivity index (χ1v) is 9.84. The Morgan fingerprint density at radius 3 is 1.74 bits per heavy atom. The molecule has 0 amide bonds. The highest BCUT2D eigenvalue weighted by atomic mass is 16.7. The van der Waals surface area contributed by atoms with E-state index < -0.39 is 11.6 Å². The number of nitrogens with zero attached hydrogens (tertiary/aromatic N) is 1. The fraction of sp³-hybridized carbons (Fsp3) is 0.714. The average molecular weight is 379 g/mol. The SMILES string of the molecule is CC1(C)OCC(N(CCCc2ccc(O)cc2)C2COC(C)(C)OC2)CO1. The summed E-state index contributed by atoms with van der Waals surface area (Å²) in [4.78, 5) is 2.42. The molecule has 6 heteroatoms. The zero-order valence-corrected chi connectivity index (χ0v) is 16.9. The summed E-state index contributed by atoms with van der Waals surface area (Å²) in [7, 11) is 0. The molecule has 27 heavy (non-hydrogen) atoms. The minimum absolute atomic E-state index is 0.191. The molecule has 0 atom stereocenters. The van der Waals surface area contributed by atoms with Crippen LogP contribution >= 0.6 is 0 Å². The highest BCUT2D eigenvalue weighted by Gasteiger charge is 2.38. The molecule has 6 nitrogen and oxygen atoms in total. The van der Waals surface area contributed by atoms with Crippen molar-refractivity contribution in [3.63, 3.8) is 0 Å². The number of hydrogen-bond acceptors (Lipinski definition) is 6. The third-order valence-electron chi connectivity index (χ3n) is 5.25. The minimum Gasteiger partial charge on any atom is -0.508 e. The second-order valence-corrected chi connectivity index (χ2v) is 8.36. The summed E-state index contributed by atoms with van der Waals surface area (Å²) in [6.45, 7) is 11.3. The van der Waals surface area contributed by atoms with Crippen LogP contribution in [0.1, 0.15) is 39.7 Å². The van der Waals surface area contributed by atoms with Crippen LogP contribution in [0.15, 0.2) is 24.3 Å². The standard InChI is InChI=1S/C21H33NO5/c1-20(2)24-12-17(13-25-20)22(18-14-26-21(3,4)27-15-18)11-5-6-16-7-9-19(23)10-8-16/h7-10,17-18,23H,5-6,11-15H2,1-4H3. The Morgan fingerprint density at radius 2 is 1.30 bits per heavy atom. The van der Waals surface area contributed by atoms with Crippen molar-refractivity contribution in [3.8, 4) is 5.75 Å². The second kappa shape index (κ2) is 8.45. The third-order valence-corrected chi connectivity index (χ3v) is 5.25. The Morgan fingerprint density at radius 1 is 0.852 bits per heavy atom. The first kappa shape index (κ1) is 20.6. The summed E-state index contributed by atoms with van der Waals surface area (Å²) in [6, 6.07) is 7.81. The van der Waals surface area contributed by atoms with E-state index in [0.29, 0.717) is 32.2 Å². The lowest BCUT2D eigenvalue weighted by molar-refractivity contribution is -0.288. The molecule has 2 fully saturated rings. The Labute approximate surface area is 162 Å². The number of aromatic hydroxyl groups is 1. The van der Waals surface area contributed by atoms with E-state index in [1.54, 1.807) is 12.1 Å². The van der Waals surface area contributed by atoms with Crippen LogP contribution in [0.25, 0.3) is 0 Å². The maximum Gasteiger partial charge on any atom is 0.162 e. The van der Waals surface area contributed by atoms with Crippen molar-refractivity contribution in [2.75, 3.05) is 33.0 Å². The highest BCUT2D eigenvalue weighted by Crippen LogP contribution is 2.25. The van der Waals surface area contributed by atoms with E-state index in [-0.39, 0.29) is 12.1 Å². The van der Waals surface area contributed by atoms with Gasteiger partial charge in [0, 0.05) is 0 Å². The summed E-state index contributed by atoms with van der Waals surface area (Å²) in [5, 5.41) is 9.43. The molecule has 0 saturated carbocycles. The first-order chi connectivity index (χ1) is 12.7. The zero-order valence-electron chi connectivity index (χ0n) is 16.9. The lowest BCUT2D eigenvalue weighted by Crippen LogP contribution is -2.58. The van der Waals surface area contributed by atoms with Gasteiger partial charge < -0.3 is 24.1 Å². The third kappa shape index (κ3) is 5.90. The first-order valence-electron chi connectivity index (χ1n) is 9.84. The van der Waals surface area contributed by atoms with Gasteiger partial charge in [0.25, 0.3) is 0 Å². The Balaban J connectivity index is 1.60. The molecule has 3 rings (SSSR count). The van der Waals surface area contributed by atoms with Crippen LogP contribution in [0.4, 0.5) is 0 Å². The second-order valence-electron chi connectivity index (χ2n) is 8.36. The van der Waals surface area contributed by atoms with E-state index in [1.165, 1.54) is 5.56 Å². The predicted octanol–water partition coefficient (Wildman–Crippen LogP) is 2.93. The van der Waals surface area contributed by atoms with E-state index in [0.717, 1.165) is 19.4 Å². The van der Waals surface area contributed by atoms with Gasteiger partial charge in [-0.25, -0.2) is 0 Å². The van der Waals surface area contributed by atoms with E-state index in [1.807, 2.05) is 39.8 Å². The van der Waals surface area contributed by atoms with E-state index in [2.05, 4.69) is 4.90 Å². The normalized spacial score (nSPS) is 23.6. The van der Waals surface area contributed by atoms with Gasteiger partial charge in [0.05, 0.1) is 38.5 Å². The molecule has 2 saturated heterocycles. The van der Waals surface area contributed by atoms with Crippen LogP contribution in [0.3, 0.4) is 0 Å². The maximum atomic E-state index is 9.43. The van der Waals surface area contributed by atoms with Gasteiger partial charge in [0.15, 0.2) is 11.6 Å². The Kier molecular flexibility index (Phi) is 6.43. The molecule has 2 aliphatic heterocycles. The lowest BCUT2D eigenvalue weighted by Gasteiger charge is -2.46. The van der Waals surface area contributed by atoms with E-state index in [9.17, 15) is 5.11 Å². The van der Waals surface area contributed by atoms with Crippen LogP contribution in [0.5, 0.6) is 5.75 Å². The summed E-state index contributed by atoms with van der Waals surface area (Å²) >= 11 is 0. The van der Waals surface area contributed by atoms with Crippen molar-refractivity contribution in [3.05, 3.63) is 29.8 Å². The van der Waals surface area contributed by atoms with Crippen molar-refractivity contribution in [2.24, 2.45) is 0 Å². The lowest BCUT2D eigenvalue weighted by atomic mass is 10.1. The fourth-order valence-corrected chi connectivity index (χ4v) is 3.54. The number of hydrogen-bond donors (Lipinski definition) is 1. The van der Waals surface area contributed by atoms with Gasteiger partial charge in [-0.3, -0.25) is 4.90 Å². The summed E-state index contributed by atoms with van der Waals surface area (Å²) in [5.41, 5.74) is 1.22. The maximum absolute atomic E-state index is 9.43. The van der Waals surface area contributed by atoms with Gasteiger partial charge in [-0.2, -0.15) is 0 Å². The van der Waals surface area contributed by atoms with Crippen LogP contribution in [0.2, 0.25) is 0 Å². The van der Waals surface area contributed by atoms with Crippen LogP contribution < -0.4 is 0 Å². The molecular formula is C21H33NO5. The average Bonchev–Trinajstić information content (AvgIpc) is 2.61. The van der Waals surface area contributed by atoms with E-state index >= 15 is 0 Å². The molecule has 0 bridgehead atoms. The minimum atomic E-state index is -0.518. The Bertz CT molecular complexity index is 553. The number of phenolic OH excluding ortho intramolecular Hbond substituents is 1. The molecule has 0 unspecified atom stereocenters. The van der Waals surface area contributed by atoms with Gasteiger partial charge in [-0.15, -0.1) is 0 Å². The fourth-order valence-electron chi connectivity index (χ4n) is 3.54. The van der Waals surface area contributed by atoms with Crippen molar-refractivity contribution in [2.45, 2.75) is 64.2 Å². The molecule has 0 radical (unpaired) electrons. The number of phenols is 1. The van der Waals surface area contributed by atoms with Gasteiger partial charge in [0.2, 0.25) is 0 Å². The van der Waals surface area contributed by atoms with Crippen molar-refractivity contribution in [1.29, 1.82) is 0 Å². The number of ether oxygens (including phenoxy) is 4. The zero-order chi connectivity index (χ0) is 19.5. The molecule has 2 heterocycles. The molecule has 0 aromatic heterocycles.